The first-order valence-corrected chi connectivity index (χ1v) is 9.31. The topological polar surface area (TPSA) is 37.4 Å². The minimum Gasteiger partial charge on any atom is -0.213 e. The van der Waals surface area contributed by atoms with E-state index in [0.29, 0.717) is 24.4 Å². The molecule has 0 saturated carbocycles. The lowest BCUT2D eigenvalue weighted by molar-refractivity contribution is 0.252. The maximum absolute atomic E-state index is 11.5. The normalized spacial score (nSPS) is 24.1. The molecule has 0 radical (unpaired) electrons. The van der Waals surface area contributed by atoms with E-state index < -0.39 is 10.0 Å². The van der Waals surface area contributed by atoms with Crippen LogP contribution in [0.15, 0.2) is 0 Å². The highest BCUT2D eigenvalue weighted by Crippen LogP contribution is 2.24. The average Bonchev–Trinajstić information content (AvgIpc) is 2.29. The summed E-state index contributed by atoms with van der Waals surface area (Å²) in [6.45, 7) is 3.56. The number of hydrogen-bond donors (Lipinski definition) is 0. The standard InChI is InChI=1S/C13H26ClNO2S/c1-3-6-13(14)9-4-7-12-8-5-10-15(11-12)18(2,16)17/h12-13H,3-11H2,1-2H3. The van der Waals surface area contributed by atoms with Crippen LogP contribution < -0.4 is 0 Å². The molecule has 0 spiro atoms. The molecule has 1 rings (SSSR count). The van der Waals surface area contributed by atoms with Gasteiger partial charge in [0, 0.05) is 18.5 Å². The van der Waals surface area contributed by atoms with E-state index in [4.69, 9.17) is 11.6 Å². The van der Waals surface area contributed by atoms with Crippen molar-refractivity contribution < 1.29 is 8.42 Å². The summed E-state index contributed by atoms with van der Waals surface area (Å²) in [6.07, 6.45) is 8.98. The van der Waals surface area contributed by atoms with Gasteiger partial charge in [-0.15, -0.1) is 11.6 Å². The molecule has 1 aliphatic rings. The van der Waals surface area contributed by atoms with E-state index in [1.165, 1.54) is 6.26 Å². The van der Waals surface area contributed by atoms with Gasteiger partial charge >= 0.3 is 0 Å². The Morgan fingerprint density at radius 1 is 1.39 bits per heavy atom. The van der Waals surface area contributed by atoms with Crippen molar-refractivity contribution in [3.63, 3.8) is 0 Å². The van der Waals surface area contributed by atoms with Crippen LogP contribution in [0.2, 0.25) is 0 Å². The van der Waals surface area contributed by atoms with Gasteiger partial charge in [-0.2, -0.15) is 0 Å². The van der Waals surface area contributed by atoms with Crippen LogP contribution in [-0.2, 0) is 10.0 Å². The van der Waals surface area contributed by atoms with Crippen molar-refractivity contribution in [2.24, 2.45) is 5.92 Å². The molecule has 1 fully saturated rings. The molecule has 108 valence electrons. The third kappa shape index (κ3) is 5.89. The number of halogens is 1. The fourth-order valence-electron chi connectivity index (χ4n) is 2.65. The lowest BCUT2D eigenvalue weighted by Gasteiger charge is -2.31. The summed E-state index contributed by atoms with van der Waals surface area (Å²) in [5.41, 5.74) is 0. The van der Waals surface area contributed by atoms with Gasteiger partial charge < -0.3 is 0 Å². The third-order valence-electron chi connectivity index (χ3n) is 3.68. The highest BCUT2D eigenvalue weighted by molar-refractivity contribution is 7.88. The second kappa shape index (κ2) is 7.71. The Labute approximate surface area is 117 Å². The van der Waals surface area contributed by atoms with Crippen molar-refractivity contribution in [1.82, 2.24) is 4.31 Å². The second-order valence-electron chi connectivity index (χ2n) is 5.45. The SMILES string of the molecule is CCCC(Cl)CCCC1CCCN(S(C)(=O)=O)C1. The lowest BCUT2D eigenvalue weighted by atomic mass is 9.93. The van der Waals surface area contributed by atoms with E-state index in [1.807, 2.05) is 0 Å². The monoisotopic (exact) mass is 295 g/mol. The van der Waals surface area contributed by atoms with Crippen LogP contribution in [0.5, 0.6) is 0 Å². The summed E-state index contributed by atoms with van der Waals surface area (Å²) in [5.74, 6) is 0.527. The molecule has 5 heteroatoms. The molecule has 0 aromatic heterocycles. The Hall–Kier alpha value is 0.200. The van der Waals surface area contributed by atoms with E-state index in [2.05, 4.69) is 6.92 Å². The molecule has 1 saturated heterocycles. The summed E-state index contributed by atoms with van der Waals surface area (Å²) in [6, 6.07) is 0. The van der Waals surface area contributed by atoms with Crippen LogP contribution in [0.25, 0.3) is 0 Å². The molecule has 1 aliphatic heterocycles. The molecule has 0 aromatic rings. The maximum Gasteiger partial charge on any atom is 0.211 e. The summed E-state index contributed by atoms with van der Waals surface area (Å²) in [4.78, 5) is 0. The largest absolute Gasteiger partial charge is 0.213 e. The van der Waals surface area contributed by atoms with Crippen LogP contribution in [-0.4, -0.2) is 37.4 Å². The van der Waals surface area contributed by atoms with Crippen molar-refractivity contribution >= 4 is 21.6 Å². The summed E-state index contributed by atoms with van der Waals surface area (Å²) >= 11 is 6.19. The van der Waals surface area contributed by atoms with Crippen molar-refractivity contribution in [2.75, 3.05) is 19.3 Å². The minimum atomic E-state index is -3.00. The summed E-state index contributed by atoms with van der Waals surface area (Å²) in [5, 5.41) is 0.296. The fraction of sp³-hybridized carbons (Fsp3) is 1.00. The zero-order valence-electron chi connectivity index (χ0n) is 11.6. The molecule has 0 aromatic carbocycles. The Morgan fingerprint density at radius 3 is 2.72 bits per heavy atom. The second-order valence-corrected chi connectivity index (χ2v) is 8.05. The van der Waals surface area contributed by atoms with Crippen LogP contribution in [0.1, 0.15) is 51.9 Å². The first-order chi connectivity index (χ1) is 8.43. The predicted octanol–water partition coefficient (Wildman–Crippen LogP) is 3.24. The molecule has 1 heterocycles. The number of nitrogens with zero attached hydrogens (tertiary/aromatic N) is 1. The van der Waals surface area contributed by atoms with Gasteiger partial charge in [0.2, 0.25) is 10.0 Å². The van der Waals surface area contributed by atoms with Crippen LogP contribution in [0.4, 0.5) is 0 Å². The Bertz CT molecular complexity index is 332. The molecule has 0 aliphatic carbocycles. The molecular formula is C13H26ClNO2S. The van der Waals surface area contributed by atoms with E-state index in [9.17, 15) is 8.42 Å². The van der Waals surface area contributed by atoms with Crippen LogP contribution >= 0.6 is 11.6 Å². The van der Waals surface area contributed by atoms with Crippen molar-refractivity contribution in [1.29, 1.82) is 0 Å². The molecule has 2 unspecified atom stereocenters. The first-order valence-electron chi connectivity index (χ1n) is 7.02. The molecule has 2 atom stereocenters. The molecule has 18 heavy (non-hydrogen) atoms. The molecule has 0 N–H and O–H groups in total. The highest BCUT2D eigenvalue weighted by Gasteiger charge is 2.25. The van der Waals surface area contributed by atoms with Gasteiger partial charge in [-0.05, 0) is 38.0 Å². The van der Waals surface area contributed by atoms with Crippen molar-refractivity contribution in [3.8, 4) is 0 Å². The van der Waals surface area contributed by atoms with Gasteiger partial charge in [-0.1, -0.05) is 19.8 Å². The van der Waals surface area contributed by atoms with Crippen molar-refractivity contribution in [3.05, 3.63) is 0 Å². The van der Waals surface area contributed by atoms with Gasteiger partial charge in [-0.3, -0.25) is 0 Å². The van der Waals surface area contributed by atoms with Crippen molar-refractivity contribution in [2.45, 2.75) is 57.2 Å². The lowest BCUT2D eigenvalue weighted by Crippen LogP contribution is -2.39. The van der Waals surface area contributed by atoms with Crippen LogP contribution in [0, 0.1) is 5.92 Å². The molecule has 0 amide bonds. The van der Waals surface area contributed by atoms with Crippen LogP contribution in [0.3, 0.4) is 0 Å². The van der Waals surface area contributed by atoms with Gasteiger partial charge in [0.05, 0.1) is 6.26 Å². The third-order valence-corrected chi connectivity index (χ3v) is 5.39. The Morgan fingerprint density at radius 2 is 2.11 bits per heavy atom. The smallest absolute Gasteiger partial charge is 0.211 e. The fourth-order valence-corrected chi connectivity index (χ4v) is 3.96. The number of piperidine rings is 1. The van der Waals surface area contributed by atoms with E-state index in [-0.39, 0.29) is 0 Å². The highest BCUT2D eigenvalue weighted by atomic mass is 35.5. The number of rotatable bonds is 7. The quantitative estimate of drug-likeness (QED) is 0.676. The van der Waals surface area contributed by atoms with E-state index >= 15 is 0 Å². The number of hydrogen-bond acceptors (Lipinski definition) is 2. The number of alkyl halides is 1. The zero-order valence-corrected chi connectivity index (χ0v) is 13.1. The number of sulfonamides is 1. The zero-order chi connectivity index (χ0) is 13.6. The Kier molecular flexibility index (Phi) is 6.96. The predicted molar refractivity (Wildman–Crippen MR) is 77.5 cm³/mol. The van der Waals surface area contributed by atoms with Gasteiger partial charge in [0.1, 0.15) is 0 Å². The van der Waals surface area contributed by atoms with Gasteiger partial charge in [-0.25, -0.2) is 12.7 Å². The maximum atomic E-state index is 11.5. The summed E-state index contributed by atoms with van der Waals surface area (Å²) in [7, 11) is -3.00. The minimum absolute atomic E-state index is 0.296. The van der Waals surface area contributed by atoms with Gasteiger partial charge in [0.25, 0.3) is 0 Å². The molecule has 3 nitrogen and oxygen atoms in total. The Balaban J connectivity index is 2.26. The van der Waals surface area contributed by atoms with E-state index in [1.54, 1.807) is 4.31 Å². The average molecular weight is 296 g/mol. The van der Waals surface area contributed by atoms with E-state index in [0.717, 1.165) is 44.9 Å². The first kappa shape index (κ1) is 16.3. The molecule has 0 bridgehead atoms. The summed E-state index contributed by atoms with van der Waals surface area (Å²) < 4.78 is 24.6. The van der Waals surface area contributed by atoms with Gasteiger partial charge in [0.15, 0.2) is 0 Å². The molecular weight excluding hydrogens is 270 g/mol.